The van der Waals surface area contributed by atoms with Gasteiger partial charge >= 0.3 is 0 Å². The first-order valence-corrected chi connectivity index (χ1v) is 11.7. The highest BCUT2D eigenvalue weighted by Crippen LogP contribution is 2.30. The van der Waals surface area contributed by atoms with Gasteiger partial charge in [-0.25, -0.2) is 0 Å². The van der Waals surface area contributed by atoms with Crippen molar-refractivity contribution in [2.24, 2.45) is 0 Å². The third kappa shape index (κ3) is 5.70. The third-order valence-corrected chi connectivity index (χ3v) is 6.02. The summed E-state index contributed by atoms with van der Waals surface area (Å²) in [6.45, 7) is 14.0. The second kappa shape index (κ2) is 10.2. The number of hydrogen-bond acceptors (Lipinski definition) is 7. The second-order valence-corrected chi connectivity index (χ2v) is 9.67. The highest BCUT2D eigenvalue weighted by atomic mass is 32.2. The minimum absolute atomic E-state index is 0.102. The molecule has 0 saturated carbocycles. The van der Waals surface area contributed by atoms with Crippen molar-refractivity contribution in [3.63, 3.8) is 0 Å². The van der Waals surface area contributed by atoms with Gasteiger partial charge in [0.15, 0.2) is 22.9 Å². The quantitative estimate of drug-likeness (QED) is 0.422. The number of aryl methyl sites for hydroxylation is 1. The van der Waals surface area contributed by atoms with E-state index in [1.807, 2.05) is 30.5 Å². The zero-order valence-electron chi connectivity index (χ0n) is 19.6. The monoisotopic (exact) mass is 457 g/mol. The van der Waals surface area contributed by atoms with Crippen LogP contribution in [0.1, 0.15) is 76.8 Å². The molecule has 3 aromatic rings. The third-order valence-electron chi connectivity index (χ3n) is 4.96. The molecule has 0 fully saturated rings. The molecule has 2 unspecified atom stereocenters. The Balaban J connectivity index is 1.71. The lowest BCUT2D eigenvalue weighted by atomic mass is 10.0. The number of anilines is 1. The van der Waals surface area contributed by atoms with Crippen LogP contribution in [0.15, 0.2) is 40.0 Å². The van der Waals surface area contributed by atoms with Crippen LogP contribution >= 0.6 is 11.8 Å². The van der Waals surface area contributed by atoms with E-state index >= 15 is 0 Å². The van der Waals surface area contributed by atoms with E-state index in [4.69, 9.17) is 9.26 Å². The number of amides is 1. The molecule has 172 valence electrons. The fourth-order valence-corrected chi connectivity index (χ4v) is 4.17. The minimum Gasteiger partial charge on any atom is -0.483 e. The summed E-state index contributed by atoms with van der Waals surface area (Å²) in [6.07, 6.45) is -0.300. The molecular formula is C23H31N5O3S. The van der Waals surface area contributed by atoms with Crippen LogP contribution in [0.25, 0.3) is 0 Å². The average molecular weight is 458 g/mol. The molecule has 0 radical (unpaired) electrons. The van der Waals surface area contributed by atoms with Crippen LogP contribution in [0.4, 0.5) is 5.82 Å². The van der Waals surface area contributed by atoms with E-state index in [9.17, 15) is 4.79 Å². The van der Waals surface area contributed by atoms with Gasteiger partial charge in [-0.2, -0.15) is 0 Å². The maximum atomic E-state index is 12.6. The highest BCUT2D eigenvalue weighted by Gasteiger charge is 2.25. The topological polar surface area (TPSA) is 95.1 Å². The van der Waals surface area contributed by atoms with Crippen LogP contribution in [0.5, 0.6) is 5.75 Å². The van der Waals surface area contributed by atoms with Crippen LogP contribution in [-0.2, 0) is 4.79 Å². The number of hydrogen-bond donors (Lipinski definition) is 1. The van der Waals surface area contributed by atoms with Crippen molar-refractivity contribution in [3.05, 3.63) is 47.5 Å². The van der Waals surface area contributed by atoms with E-state index in [2.05, 4.69) is 60.5 Å². The van der Waals surface area contributed by atoms with Crippen LogP contribution in [0, 0.1) is 6.92 Å². The highest BCUT2D eigenvalue weighted by molar-refractivity contribution is 8.00. The summed E-state index contributed by atoms with van der Waals surface area (Å²) in [4.78, 5) is 12.6. The summed E-state index contributed by atoms with van der Waals surface area (Å²) in [5.74, 6) is 2.82. The predicted molar refractivity (Wildman–Crippen MR) is 125 cm³/mol. The Bertz CT molecular complexity index is 1040. The van der Waals surface area contributed by atoms with Crippen LogP contribution < -0.4 is 10.1 Å². The van der Waals surface area contributed by atoms with Crippen molar-refractivity contribution < 1.29 is 14.1 Å². The minimum atomic E-state index is -0.402. The van der Waals surface area contributed by atoms with Gasteiger partial charge in [0.05, 0.1) is 5.25 Å². The summed E-state index contributed by atoms with van der Waals surface area (Å²) in [7, 11) is 0. The Labute approximate surface area is 193 Å². The lowest BCUT2D eigenvalue weighted by Gasteiger charge is -2.20. The largest absolute Gasteiger partial charge is 0.483 e. The summed E-state index contributed by atoms with van der Waals surface area (Å²) < 4.78 is 13.2. The van der Waals surface area contributed by atoms with Gasteiger partial charge in [0.1, 0.15) is 11.5 Å². The summed E-state index contributed by atoms with van der Waals surface area (Å²) >= 11 is 1.35. The van der Waals surface area contributed by atoms with Crippen molar-refractivity contribution in [3.8, 4) is 5.75 Å². The van der Waals surface area contributed by atoms with Crippen molar-refractivity contribution in [2.45, 2.75) is 76.9 Å². The maximum Gasteiger partial charge on any atom is 0.238 e. The van der Waals surface area contributed by atoms with E-state index in [1.54, 1.807) is 13.0 Å². The molecule has 0 aliphatic rings. The van der Waals surface area contributed by atoms with Crippen molar-refractivity contribution >= 4 is 23.5 Å². The summed E-state index contributed by atoms with van der Waals surface area (Å²) in [6, 6.07) is 9.91. The summed E-state index contributed by atoms with van der Waals surface area (Å²) in [5, 5.41) is 15.6. The first-order valence-electron chi connectivity index (χ1n) is 10.8. The zero-order chi connectivity index (χ0) is 23.4. The number of thioether (sulfide) groups is 1. The van der Waals surface area contributed by atoms with Crippen LogP contribution in [0.3, 0.4) is 0 Å². The first kappa shape index (κ1) is 23.8. The molecule has 0 bridgehead atoms. The number of nitrogens with one attached hydrogen (secondary N) is 1. The first-order chi connectivity index (χ1) is 15.2. The van der Waals surface area contributed by atoms with E-state index in [0.29, 0.717) is 22.7 Å². The van der Waals surface area contributed by atoms with E-state index in [1.165, 1.54) is 17.3 Å². The van der Waals surface area contributed by atoms with Crippen LogP contribution in [0.2, 0.25) is 0 Å². The van der Waals surface area contributed by atoms with Crippen molar-refractivity contribution in [2.75, 3.05) is 5.32 Å². The number of carbonyl (C=O) groups is 1. The van der Waals surface area contributed by atoms with E-state index in [0.717, 1.165) is 11.6 Å². The number of nitrogens with zero attached hydrogens (tertiary/aromatic N) is 4. The molecule has 0 spiro atoms. The number of benzene rings is 1. The number of ether oxygens (including phenoxy) is 1. The standard InChI is InChI=1S/C23H31N5O3S/c1-13(2)18-8-10-19(11-9-18)30-16(6)21-25-26-23(28(21)14(3)4)32-17(7)22(29)24-20-12-15(5)31-27-20/h8-14,16-17H,1-7H3,(H,24,27,29). The van der Waals surface area contributed by atoms with Gasteiger partial charge in [-0.3, -0.25) is 4.79 Å². The molecule has 0 aliphatic carbocycles. The molecule has 32 heavy (non-hydrogen) atoms. The Hall–Kier alpha value is -2.81. The molecule has 8 nitrogen and oxygen atoms in total. The molecule has 1 N–H and O–H groups in total. The Kier molecular flexibility index (Phi) is 7.60. The number of carbonyl (C=O) groups excluding carboxylic acids is 1. The normalized spacial score (nSPS) is 13.4. The van der Waals surface area contributed by atoms with Gasteiger partial charge in [-0.15, -0.1) is 10.2 Å². The fourth-order valence-electron chi connectivity index (χ4n) is 3.18. The Morgan fingerprint density at radius 2 is 1.78 bits per heavy atom. The molecule has 0 aliphatic heterocycles. The van der Waals surface area contributed by atoms with Gasteiger partial charge in [-0.1, -0.05) is 42.9 Å². The summed E-state index contributed by atoms with van der Waals surface area (Å²) in [5.41, 5.74) is 1.27. The molecule has 0 saturated heterocycles. The van der Waals surface area contributed by atoms with Crippen molar-refractivity contribution in [1.82, 2.24) is 19.9 Å². The Morgan fingerprint density at radius 1 is 1.09 bits per heavy atom. The van der Waals surface area contributed by atoms with E-state index in [-0.39, 0.29) is 18.1 Å². The fraction of sp³-hybridized carbons (Fsp3) is 0.478. The lowest BCUT2D eigenvalue weighted by molar-refractivity contribution is -0.115. The SMILES string of the molecule is Cc1cc(NC(=O)C(C)Sc2nnc(C(C)Oc3ccc(C(C)C)cc3)n2C(C)C)no1. The maximum absolute atomic E-state index is 12.6. The predicted octanol–water partition coefficient (Wildman–Crippen LogP) is 5.54. The van der Waals surface area contributed by atoms with Crippen LogP contribution in [-0.4, -0.2) is 31.1 Å². The average Bonchev–Trinajstić information content (AvgIpc) is 3.34. The van der Waals surface area contributed by atoms with Gasteiger partial charge in [0.25, 0.3) is 0 Å². The van der Waals surface area contributed by atoms with Gasteiger partial charge in [0, 0.05) is 12.1 Å². The van der Waals surface area contributed by atoms with Gasteiger partial charge in [-0.05, 0) is 58.2 Å². The number of aromatic nitrogens is 4. The zero-order valence-corrected chi connectivity index (χ0v) is 20.4. The van der Waals surface area contributed by atoms with Gasteiger partial charge < -0.3 is 19.1 Å². The second-order valence-electron chi connectivity index (χ2n) is 8.36. The van der Waals surface area contributed by atoms with Gasteiger partial charge in [0.2, 0.25) is 5.91 Å². The smallest absolute Gasteiger partial charge is 0.238 e. The lowest BCUT2D eigenvalue weighted by Crippen LogP contribution is -2.23. The number of rotatable bonds is 9. The molecular weight excluding hydrogens is 426 g/mol. The van der Waals surface area contributed by atoms with E-state index < -0.39 is 5.25 Å². The van der Waals surface area contributed by atoms with Crippen molar-refractivity contribution in [1.29, 1.82) is 0 Å². The molecule has 1 amide bonds. The molecule has 3 rings (SSSR count). The molecule has 2 atom stereocenters. The molecule has 9 heteroatoms. The molecule has 2 heterocycles. The Morgan fingerprint density at radius 3 is 2.34 bits per heavy atom. The molecule has 1 aromatic carbocycles. The molecule has 2 aromatic heterocycles.